The summed E-state index contributed by atoms with van der Waals surface area (Å²) in [5.41, 5.74) is 0. The Kier molecular flexibility index (Phi) is 19.7. The zero-order valence-electron chi connectivity index (χ0n) is 32.8. The quantitative estimate of drug-likeness (QED) is 0.216. The molecule has 0 bridgehead atoms. The molecule has 11 atom stereocenters. The molecule has 0 aliphatic heterocycles. The fourth-order valence-electron chi connectivity index (χ4n) is 7.63. The number of rotatable bonds is 0. The lowest BCUT2D eigenvalue weighted by molar-refractivity contribution is -0.208. The zero-order valence-corrected chi connectivity index (χ0v) is 32.8. The monoisotopic (exact) mass is 759 g/mol. The molecule has 306 valence electrons. The Hall–Kier alpha value is -0.770. The van der Waals surface area contributed by atoms with Gasteiger partial charge in [0.1, 0.15) is 30.9 Å². The predicted octanol–water partition coefficient (Wildman–Crippen LogP) is 14.6. The van der Waals surface area contributed by atoms with Gasteiger partial charge in [0.25, 0.3) is 17.8 Å². The first kappa shape index (κ1) is 48.2. The van der Waals surface area contributed by atoms with Crippen molar-refractivity contribution in [1.82, 2.24) is 0 Å². The van der Waals surface area contributed by atoms with E-state index in [9.17, 15) is 48.3 Å². The van der Waals surface area contributed by atoms with Crippen molar-refractivity contribution >= 4 is 0 Å². The highest BCUT2D eigenvalue weighted by molar-refractivity contribution is 4.92. The topological polar surface area (TPSA) is 0 Å². The van der Waals surface area contributed by atoms with Crippen molar-refractivity contribution in [3.05, 3.63) is 0 Å². The molecule has 0 spiro atoms. The van der Waals surface area contributed by atoms with Gasteiger partial charge in [0.2, 0.25) is 0 Å². The molecule has 51 heavy (non-hydrogen) atoms. The first-order valence-corrected chi connectivity index (χ1v) is 19.5. The second-order valence-corrected chi connectivity index (χ2v) is 17.6. The molecule has 5 saturated carbocycles. The van der Waals surface area contributed by atoms with Crippen molar-refractivity contribution in [1.29, 1.82) is 0 Å². The van der Waals surface area contributed by atoms with Gasteiger partial charge in [-0.25, -0.2) is 48.3 Å². The van der Waals surface area contributed by atoms with Gasteiger partial charge in [-0.1, -0.05) is 82.1 Å². The fraction of sp³-hybridized carbons (Fsp3) is 1.00. The SMILES string of the molecule is CC1CC(F)(F)C(C)C(F)(F)C1.CC1CC(F)C(C)C(F)C1.CC1CCC(C)C(F)(F)C1.CC1CCC(C)C(F)C1.CC1CCC(C)C(F)C1F. The first-order valence-electron chi connectivity index (χ1n) is 19.5. The summed E-state index contributed by atoms with van der Waals surface area (Å²) in [4.78, 5) is 0. The summed E-state index contributed by atoms with van der Waals surface area (Å²) in [6, 6.07) is 0. The Morgan fingerprint density at radius 1 is 0.373 bits per heavy atom. The van der Waals surface area contributed by atoms with E-state index < -0.39 is 79.2 Å². The molecule has 0 heterocycles. The third kappa shape index (κ3) is 15.9. The van der Waals surface area contributed by atoms with Crippen LogP contribution in [0.2, 0.25) is 0 Å². The van der Waals surface area contributed by atoms with Gasteiger partial charge in [0, 0.05) is 31.1 Å². The normalized spacial score (nSPS) is 44.3. The average molecular weight is 759 g/mol. The Labute approximate surface area is 302 Å². The molecular formula is C40H69F11. The number of hydrogen-bond acceptors (Lipinski definition) is 0. The smallest absolute Gasteiger partial charge is 0.247 e. The van der Waals surface area contributed by atoms with Crippen LogP contribution in [0.25, 0.3) is 0 Å². The summed E-state index contributed by atoms with van der Waals surface area (Å²) in [5, 5.41) is 0. The molecule has 0 nitrogen and oxygen atoms in total. The third-order valence-electron chi connectivity index (χ3n) is 12.2. The average Bonchev–Trinajstić information content (AvgIpc) is 3.00. The number of alkyl halides is 11. The van der Waals surface area contributed by atoms with Crippen LogP contribution in [-0.2, 0) is 0 Å². The van der Waals surface area contributed by atoms with Crippen molar-refractivity contribution in [2.24, 2.45) is 59.2 Å². The highest BCUT2D eigenvalue weighted by atomic mass is 19.3. The van der Waals surface area contributed by atoms with Crippen molar-refractivity contribution in [3.8, 4) is 0 Å². The summed E-state index contributed by atoms with van der Waals surface area (Å²) in [6.07, 6.45) is 1.99. The third-order valence-corrected chi connectivity index (χ3v) is 12.2. The Morgan fingerprint density at radius 3 is 1.12 bits per heavy atom. The second-order valence-electron chi connectivity index (χ2n) is 17.6. The molecule has 0 aromatic rings. The van der Waals surface area contributed by atoms with Gasteiger partial charge in [-0.15, -0.1) is 0 Å². The van der Waals surface area contributed by atoms with Crippen LogP contribution in [0.3, 0.4) is 0 Å². The van der Waals surface area contributed by atoms with Crippen LogP contribution in [0.5, 0.6) is 0 Å². The molecule has 0 radical (unpaired) electrons. The number of hydrogen-bond donors (Lipinski definition) is 0. The maximum absolute atomic E-state index is 12.9. The highest BCUT2D eigenvalue weighted by Crippen LogP contribution is 2.49. The van der Waals surface area contributed by atoms with Gasteiger partial charge in [-0.05, 0) is 86.4 Å². The molecule has 0 N–H and O–H groups in total. The lowest BCUT2D eigenvalue weighted by Crippen LogP contribution is -2.46. The van der Waals surface area contributed by atoms with E-state index in [0.717, 1.165) is 39.0 Å². The molecule has 5 rings (SSSR count). The molecular weight excluding hydrogens is 689 g/mol. The molecule has 0 saturated heterocycles. The van der Waals surface area contributed by atoms with Crippen molar-refractivity contribution in [2.45, 2.75) is 195 Å². The van der Waals surface area contributed by atoms with Crippen molar-refractivity contribution in [3.63, 3.8) is 0 Å². The van der Waals surface area contributed by atoms with Crippen LogP contribution in [0.15, 0.2) is 0 Å². The van der Waals surface area contributed by atoms with E-state index in [4.69, 9.17) is 0 Å². The lowest BCUT2D eigenvalue weighted by atomic mass is 9.78. The van der Waals surface area contributed by atoms with Crippen molar-refractivity contribution < 1.29 is 48.3 Å². The molecule has 0 aromatic carbocycles. The van der Waals surface area contributed by atoms with Crippen LogP contribution in [-0.4, -0.2) is 48.6 Å². The van der Waals surface area contributed by atoms with Crippen LogP contribution in [0, 0.1) is 59.2 Å². The minimum absolute atomic E-state index is 0.0776. The van der Waals surface area contributed by atoms with Gasteiger partial charge in [-0.3, -0.25) is 0 Å². The fourth-order valence-corrected chi connectivity index (χ4v) is 7.63. The van der Waals surface area contributed by atoms with Gasteiger partial charge >= 0.3 is 0 Å². The van der Waals surface area contributed by atoms with Crippen LogP contribution in [0.1, 0.15) is 146 Å². The molecule has 11 heteroatoms. The highest BCUT2D eigenvalue weighted by Gasteiger charge is 2.56. The minimum atomic E-state index is -3.21. The lowest BCUT2D eigenvalue weighted by Gasteiger charge is -2.38. The summed E-state index contributed by atoms with van der Waals surface area (Å²) in [6.45, 7) is 17.2. The van der Waals surface area contributed by atoms with E-state index in [0.29, 0.717) is 31.1 Å². The van der Waals surface area contributed by atoms with Crippen LogP contribution in [0.4, 0.5) is 48.3 Å². The van der Waals surface area contributed by atoms with E-state index in [1.54, 1.807) is 27.7 Å². The summed E-state index contributed by atoms with van der Waals surface area (Å²) in [5.74, 6) is -10.8. The van der Waals surface area contributed by atoms with E-state index >= 15 is 0 Å². The molecule has 0 aromatic heterocycles. The van der Waals surface area contributed by atoms with E-state index in [1.165, 1.54) is 13.3 Å². The number of halogens is 11. The molecule has 5 aliphatic carbocycles. The second kappa shape index (κ2) is 20.8. The van der Waals surface area contributed by atoms with Gasteiger partial charge < -0.3 is 0 Å². The zero-order chi connectivity index (χ0) is 39.6. The predicted molar refractivity (Wildman–Crippen MR) is 186 cm³/mol. The molecule has 5 aliphatic rings. The van der Waals surface area contributed by atoms with E-state index in [-0.39, 0.29) is 36.0 Å². The van der Waals surface area contributed by atoms with E-state index in [1.807, 2.05) is 20.8 Å². The standard InChI is InChI=1S/C8H12F4.3C8H14F2.C8H15F/c1-5-3-7(9,10)6(2)8(11,12)4-5;1-5-3-7(9)6(2)8(10)4-5;1-6-3-4-7(2)8(9,10)5-6;1-5-3-4-6(2)8(10)7(5)9;1-6-3-4-7(2)8(9)5-6/h5-6H,3-4H2,1-2H3;5-8H,3-4H2,1-2H3;6-7H,3-5H2,1-2H3;5-8H,3-4H2,1-2H3;6-8H,3-5H2,1-2H3. The van der Waals surface area contributed by atoms with E-state index in [2.05, 4.69) is 6.92 Å². The molecule has 0 amide bonds. The minimum Gasteiger partial charge on any atom is -0.247 e. The maximum atomic E-state index is 12.9. The first-order chi connectivity index (χ1) is 23.2. The molecule has 11 unspecified atom stereocenters. The maximum Gasteiger partial charge on any atom is 0.256 e. The summed E-state index contributed by atoms with van der Waals surface area (Å²) < 4.78 is 141. The molecule has 5 fully saturated rings. The van der Waals surface area contributed by atoms with Gasteiger partial charge in [0.15, 0.2) is 0 Å². The van der Waals surface area contributed by atoms with Crippen LogP contribution >= 0.6 is 0 Å². The van der Waals surface area contributed by atoms with Gasteiger partial charge in [0.05, 0.1) is 5.92 Å². The summed E-state index contributed by atoms with van der Waals surface area (Å²) in [7, 11) is 0. The largest absolute Gasteiger partial charge is 0.256 e. The summed E-state index contributed by atoms with van der Waals surface area (Å²) >= 11 is 0. The van der Waals surface area contributed by atoms with Crippen molar-refractivity contribution in [2.75, 3.05) is 0 Å². The Morgan fingerprint density at radius 2 is 0.745 bits per heavy atom. The van der Waals surface area contributed by atoms with Gasteiger partial charge in [-0.2, -0.15) is 0 Å². The Balaban J connectivity index is 0.000000320. The van der Waals surface area contributed by atoms with Crippen LogP contribution < -0.4 is 0 Å². The Bertz CT molecular complexity index is 917.